The topological polar surface area (TPSA) is 8.81 Å². The first-order valence-corrected chi connectivity index (χ1v) is 13.4. The number of hydrogen-bond donors (Lipinski definition) is 0. The van der Waals surface area contributed by atoms with Gasteiger partial charge in [0.1, 0.15) is 12.4 Å². The van der Waals surface area contributed by atoms with Gasteiger partial charge in [-0.1, -0.05) is 104 Å². The Hall–Kier alpha value is -0.790. The lowest BCUT2D eigenvalue weighted by Gasteiger charge is -2.06. The zero-order valence-electron chi connectivity index (χ0n) is 20.4. The van der Waals surface area contributed by atoms with Crippen LogP contribution in [0.25, 0.3) is 0 Å². The van der Waals surface area contributed by atoms with Crippen molar-refractivity contribution >= 4 is 0 Å². The quantitative estimate of drug-likeness (QED) is 0.143. The zero-order valence-corrected chi connectivity index (χ0v) is 20.4. The summed E-state index contributed by atoms with van der Waals surface area (Å²) < 4.78 is 5.12. The molecular formula is C27H53N2+. The Morgan fingerprint density at radius 3 is 1.62 bits per heavy atom. The van der Waals surface area contributed by atoms with Gasteiger partial charge in [0.25, 0.3) is 5.82 Å². The fourth-order valence-corrected chi connectivity index (χ4v) is 4.36. The van der Waals surface area contributed by atoms with Crippen molar-refractivity contribution in [2.75, 3.05) is 0 Å². The maximum atomic E-state index is 2.56. The third-order valence-electron chi connectivity index (χ3n) is 6.35. The van der Waals surface area contributed by atoms with Gasteiger partial charge < -0.3 is 0 Å². The molecule has 2 nitrogen and oxygen atoms in total. The van der Waals surface area contributed by atoms with Gasteiger partial charge in [0, 0.05) is 6.42 Å². The summed E-state index contributed by atoms with van der Waals surface area (Å²) in [7, 11) is 0. The predicted molar refractivity (Wildman–Crippen MR) is 128 cm³/mol. The van der Waals surface area contributed by atoms with Gasteiger partial charge in [0.05, 0.1) is 13.1 Å². The zero-order chi connectivity index (χ0) is 21.0. The molecule has 0 fully saturated rings. The van der Waals surface area contributed by atoms with E-state index in [1.807, 2.05) is 0 Å². The molecule has 0 atom stereocenters. The van der Waals surface area contributed by atoms with E-state index in [1.165, 1.54) is 135 Å². The van der Waals surface area contributed by atoms with Crippen LogP contribution >= 0.6 is 0 Å². The predicted octanol–water partition coefficient (Wildman–Crippen LogP) is 8.40. The molecular weight excluding hydrogens is 352 g/mol. The number of aromatic nitrogens is 2. The summed E-state index contributed by atoms with van der Waals surface area (Å²) in [5.41, 5.74) is 0. The Morgan fingerprint density at radius 1 is 0.586 bits per heavy atom. The maximum absolute atomic E-state index is 2.56. The molecule has 0 aromatic carbocycles. The van der Waals surface area contributed by atoms with E-state index < -0.39 is 0 Å². The molecule has 0 saturated carbocycles. The Kier molecular flexibility index (Phi) is 17.4. The van der Waals surface area contributed by atoms with Crippen LogP contribution in [0.2, 0.25) is 0 Å². The molecule has 0 amide bonds. The van der Waals surface area contributed by atoms with Gasteiger partial charge in [-0.2, -0.15) is 0 Å². The second-order valence-electron chi connectivity index (χ2n) is 9.15. The van der Waals surface area contributed by atoms with Gasteiger partial charge in [0.2, 0.25) is 0 Å². The Balaban J connectivity index is 2.21. The van der Waals surface area contributed by atoms with Crippen molar-refractivity contribution in [3.63, 3.8) is 0 Å². The molecule has 1 heterocycles. The minimum absolute atomic E-state index is 1.22. The number of nitrogens with zero attached hydrogens (tertiary/aromatic N) is 2. The summed E-state index contributed by atoms with van der Waals surface area (Å²) in [5.74, 6) is 1.58. The lowest BCUT2D eigenvalue weighted by molar-refractivity contribution is -0.704. The highest BCUT2D eigenvalue weighted by Crippen LogP contribution is 2.12. The molecule has 0 aliphatic rings. The van der Waals surface area contributed by atoms with Crippen LogP contribution in [-0.2, 0) is 19.5 Å². The summed E-state index contributed by atoms with van der Waals surface area (Å²) in [6.07, 6.45) is 31.1. The molecule has 0 saturated heterocycles. The second-order valence-corrected chi connectivity index (χ2v) is 9.15. The number of aryl methyl sites for hydroxylation is 2. The molecule has 29 heavy (non-hydrogen) atoms. The highest BCUT2D eigenvalue weighted by Gasteiger charge is 2.15. The second kappa shape index (κ2) is 19.2. The van der Waals surface area contributed by atoms with Crippen LogP contribution in [-0.4, -0.2) is 4.57 Å². The van der Waals surface area contributed by atoms with Crippen LogP contribution in [0.15, 0.2) is 12.4 Å². The Labute approximate surface area is 183 Å². The van der Waals surface area contributed by atoms with Gasteiger partial charge in [0.15, 0.2) is 0 Å². The molecule has 0 radical (unpaired) electrons. The molecule has 1 aromatic rings. The highest BCUT2D eigenvalue weighted by atomic mass is 15.1. The lowest BCUT2D eigenvalue weighted by atomic mass is 10.1. The monoisotopic (exact) mass is 405 g/mol. The number of imidazole rings is 1. The average molecular weight is 406 g/mol. The summed E-state index contributed by atoms with van der Waals surface area (Å²) in [6, 6.07) is 0. The number of hydrogen-bond acceptors (Lipinski definition) is 0. The van der Waals surface area contributed by atoms with Crippen LogP contribution in [0.3, 0.4) is 0 Å². The third-order valence-corrected chi connectivity index (χ3v) is 6.35. The first-order chi connectivity index (χ1) is 14.3. The molecule has 0 aliphatic carbocycles. The minimum atomic E-state index is 1.22. The summed E-state index contributed by atoms with van der Waals surface area (Å²) in [6.45, 7) is 9.35. The van der Waals surface area contributed by atoms with E-state index in [1.54, 1.807) is 5.82 Å². The van der Waals surface area contributed by atoms with Gasteiger partial charge in [-0.05, 0) is 32.1 Å². The van der Waals surface area contributed by atoms with Crippen LogP contribution in [0.1, 0.15) is 142 Å². The average Bonchev–Trinajstić information content (AvgIpc) is 3.11. The van der Waals surface area contributed by atoms with E-state index >= 15 is 0 Å². The van der Waals surface area contributed by atoms with Crippen LogP contribution in [0.5, 0.6) is 0 Å². The minimum Gasteiger partial charge on any atom is -0.234 e. The maximum Gasteiger partial charge on any atom is 0.256 e. The SMILES string of the molecule is CCCCCCCCCCCCC[n+]1ccn(CCCCCCC)c1CCCC. The van der Waals surface area contributed by atoms with Crippen molar-refractivity contribution in [2.24, 2.45) is 0 Å². The fourth-order valence-electron chi connectivity index (χ4n) is 4.36. The van der Waals surface area contributed by atoms with Gasteiger partial charge in [-0.15, -0.1) is 0 Å². The molecule has 1 rings (SSSR count). The van der Waals surface area contributed by atoms with E-state index in [2.05, 4.69) is 42.3 Å². The first kappa shape index (κ1) is 26.2. The standard InChI is InChI=1S/C27H53N2/c1-4-7-10-12-13-14-15-16-17-19-21-24-29-26-25-28(27(29)22-9-6-3)23-20-18-11-8-5-2/h25-26H,4-24H2,1-3H3/q+1. The summed E-state index contributed by atoms with van der Waals surface area (Å²) in [5, 5.41) is 0. The van der Waals surface area contributed by atoms with Crippen molar-refractivity contribution in [1.82, 2.24) is 4.57 Å². The molecule has 2 heteroatoms. The molecule has 1 aromatic heterocycles. The molecule has 0 spiro atoms. The van der Waals surface area contributed by atoms with E-state index in [-0.39, 0.29) is 0 Å². The van der Waals surface area contributed by atoms with E-state index in [4.69, 9.17) is 0 Å². The number of rotatable bonds is 21. The fraction of sp³-hybridized carbons (Fsp3) is 0.889. The van der Waals surface area contributed by atoms with Crippen molar-refractivity contribution < 1.29 is 4.57 Å². The van der Waals surface area contributed by atoms with Crippen molar-refractivity contribution in [3.05, 3.63) is 18.2 Å². The Morgan fingerprint density at radius 2 is 1.07 bits per heavy atom. The molecule has 0 unspecified atom stereocenters. The largest absolute Gasteiger partial charge is 0.256 e. The summed E-state index contributed by atoms with van der Waals surface area (Å²) in [4.78, 5) is 0. The summed E-state index contributed by atoms with van der Waals surface area (Å²) >= 11 is 0. The lowest BCUT2D eigenvalue weighted by Crippen LogP contribution is -2.37. The normalized spacial score (nSPS) is 11.4. The van der Waals surface area contributed by atoms with Crippen LogP contribution in [0.4, 0.5) is 0 Å². The molecule has 0 N–H and O–H groups in total. The van der Waals surface area contributed by atoms with Crippen LogP contribution < -0.4 is 4.57 Å². The molecule has 0 aliphatic heterocycles. The van der Waals surface area contributed by atoms with Crippen molar-refractivity contribution in [1.29, 1.82) is 0 Å². The molecule has 0 bridgehead atoms. The Bertz CT molecular complexity index is 463. The first-order valence-electron chi connectivity index (χ1n) is 13.4. The smallest absolute Gasteiger partial charge is 0.234 e. The van der Waals surface area contributed by atoms with E-state index in [0.717, 1.165) is 0 Å². The van der Waals surface area contributed by atoms with Crippen molar-refractivity contribution in [3.8, 4) is 0 Å². The van der Waals surface area contributed by atoms with E-state index in [9.17, 15) is 0 Å². The van der Waals surface area contributed by atoms with Gasteiger partial charge in [-0.25, -0.2) is 9.13 Å². The van der Waals surface area contributed by atoms with Crippen LogP contribution in [0, 0.1) is 0 Å². The highest BCUT2D eigenvalue weighted by molar-refractivity contribution is 4.84. The van der Waals surface area contributed by atoms with Gasteiger partial charge >= 0.3 is 0 Å². The van der Waals surface area contributed by atoms with E-state index in [0.29, 0.717) is 0 Å². The van der Waals surface area contributed by atoms with Crippen molar-refractivity contribution in [2.45, 2.75) is 156 Å². The molecule has 170 valence electrons. The van der Waals surface area contributed by atoms with Gasteiger partial charge in [-0.3, -0.25) is 0 Å². The number of unbranched alkanes of at least 4 members (excludes halogenated alkanes) is 15. The third kappa shape index (κ3) is 13.2.